The van der Waals surface area contributed by atoms with Crippen LogP contribution in [0.2, 0.25) is 5.02 Å². The predicted molar refractivity (Wildman–Crippen MR) is 100 cm³/mol. The largest absolute Gasteiger partial charge is 0.345 e. The first-order valence-electron chi connectivity index (χ1n) is 8.42. The first kappa shape index (κ1) is 17.3. The van der Waals surface area contributed by atoms with Crippen molar-refractivity contribution < 1.29 is 4.79 Å². The molecule has 1 aromatic carbocycles. The lowest BCUT2D eigenvalue weighted by molar-refractivity contribution is 0.0217. The molecule has 3 fully saturated rings. The number of hydrogen-bond acceptors (Lipinski definition) is 6. The van der Waals surface area contributed by atoms with Crippen molar-refractivity contribution in [3.8, 4) is 0 Å². The average molecular weight is 395 g/mol. The molecule has 8 heteroatoms. The number of amides is 1. The molecule has 2 unspecified atom stereocenters. The van der Waals surface area contributed by atoms with Gasteiger partial charge in [0.2, 0.25) is 5.01 Å². The second-order valence-corrected chi connectivity index (χ2v) is 9.28. The van der Waals surface area contributed by atoms with E-state index in [4.69, 9.17) is 11.6 Å². The maximum Gasteiger partial charge on any atom is 0.282 e. The number of piperidine rings is 3. The lowest BCUT2D eigenvalue weighted by Gasteiger charge is -2.49. The van der Waals surface area contributed by atoms with Crippen molar-refractivity contribution in [2.45, 2.75) is 41.1 Å². The van der Waals surface area contributed by atoms with E-state index in [1.807, 2.05) is 24.3 Å². The summed E-state index contributed by atoms with van der Waals surface area (Å²) in [6, 6.07) is 8.16. The molecule has 3 aliphatic heterocycles. The molecule has 132 valence electrons. The van der Waals surface area contributed by atoms with Crippen LogP contribution in [0, 0.1) is 5.92 Å². The van der Waals surface area contributed by atoms with Crippen LogP contribution in [0.4, 0.5) is 0 Å². The van der Waals surface area contributed by atoms with Gasteiger partial charge in [0, 0.05) is 22.0 Å². The quantitative estimate of drug-likeness (QED) is 0.859. The van der Waals surface area contributed by atoms with Crippen LogP contribution < -0.4 is 5.32 Å². The molecule has 2 atom stereocenters. The molecule has 1 N–H and O–H groups in total. The van der Waals surface area contributed by atoms with Crippen LogP contribution in [0.25, 0.3) is 0 Å². The van der Waals surface area contributed by atoms with Crippen LogP contribution in [0.3, 0.4) is 0 Å². The lowest BCUT2D eigenvalue weighted by Crippen LogP contribution is -2.62. The zero-order valence-electron chi connectivity index (χ0n) is 13.8. The molecule has 5 nitrogen and oxygen atoms in total. The van der Waals surface area contributed by atoms with E-state index in [9.17, 15) is 4.79 Å². The van der Waals surface area contributed by atoms with Crippen LogP contribution in [0.15, 0.2) is 33.5 Å². The number of halogens is 1. The summed E-state index contributed by atoms with van der Waals surface area (Å²) >= 11 is 8.72. The molecule has 0 spiro atoms. The van der Waals surface area contributed by atoms with Gasteiger partial charge in [0.1, 0.15) is 0 Å². The Balaban J connectivity index is 1.41. The molecule has 2 aromatic rings. The predicted octanol–water partition coefficient (Wildman–Crippen LogP) is 3.56. The summed E-state index contributed by atoms with van der Waals surface area (Å²) in [7, 11) is 0. The number of aromatic nitrogens is 2. The topological polar surface area (TPSA) is 58.1 Å². The highest BCUT2D eigenvalue weighted by Gasteiger charge is 2.40. The van der Waals surface area contributed by atoms with Gasteiger partial charge >= 0.3 is 0 Å². The maximum atomic E-state index is 12.6. The number of nitrogens with one attached hydrogen (secondary N) is 1. The number of rotatable bonds is 4. The molecule has 5 rings (SSSR count). The molecule has 1 amide bonds. The van der Waals surface area contributed by atoms with Gasteiger partial charge in [0.15, 0.2) is 4.34 Å². The van der Waals surface area contributed by atoms with Gasteiger partial charge in [-0.3, -0.25) is 9.69 Å². The van der Waals surface area contributed by atoms with E-state index < -0.39 is 0 Å². The summed E-state index contributed by atoms with van der Waals surface area (Å²) in [6.45, 7) is 4.51. The number of benzene rings is 1. The van der Waals surface area contributed by atoms with E-state index in [1.54, 1.807) is 0 Å². The highest BCUT2D eigenvalue weighted by atomic mass is 35.5. The molecule has 0 saturated carbocycles. The Hall–Kier alpha value is -1.15. The van der Waals surface area contributed by atoms with Gasteiger partial charge in [0.05, 0.1) is 0 Å². The average Bonchev–Trinajstić information content (AvgIpc) is 3.09. The van der Waals surface area contributed by atoms with Crippen molar-refractivity contribution >= 4 is 40.6 Å². The minimum Gasteiger partial charge on any atom is -0.345 e. The Labute approximate surface area is 160 Å². The van der Waals surface area contributed by atoms with Crippen LogP contribution in [-0.2, 0) is 0 Å². The van der Waals surface area contributed by atoms with Gasteiger partial charge in [-0.1, -0.05) is 34.7 Å². The molecule has 2 bridgehead atoms. The van der Waals surface area contributed by atoms with E-state index in [0.717, 1.165) is 22.3 Å². The van der Waals surface area contributed by atoms with Gasteiger partial charge < -0.3 is 5.32 Å². The van der Waals surface area contributed by atoms with E-state index in [2.05, 4.69) is 27.3 Å². The molecular formula is C17H19ClN4OS2. The third-order valence-electron chi connectivity index (χ3n) is 5.10. The normalized spacial score (nSPS) is 28.1. The minimum absolute atomic E-state index is 0.106. The third kappa shape index (κ3) is 3.69. The summed E-state index contributed by atoms with van der Waals surface area (Å²) < 4.78 is 0.759. The lowest BCUT2D eigenvalue weighted by atomic mass is 9.79. The van der Waals surface area contributed by atoms with Crippen molar-refractivity contribution in [3.63, 3.8) is 0 Å². The van der Waals surface area contributed by atoms with Crippen LogP contribution in [0.5, 0.6) is 0 Å². The Bertz CT molecular complexity index is 756. The first-order chi connectivity index (χ1) is 12.1. The van der Waals surface area contributed by atoms with Gasteiger partial charge in [-0.05, 0) is 63.0 Å². The van der Waals surface area contributed by atoms with Crippen LogP contribution >= 0.6 is 34.7 Å². The second-order valence-electron chi connectivity index (χ2n) is 6.54. The smallest absolute Gasteiger partial charge is 0.282 e. The van der Waals surface area contributed by atoms with Crippen molar-refractivity contribution in [1.29, 1.82) is 0 Å². The van der Waals surface area contributed by atoms with Crippen molar-refractivity contribution in [2.24, 2.45) is 5.92 Å². The third-order valence-corrected chi connectivity index (χ3v) is 7.33. The Morgan fingerprint density at radius 3 is 2.68 bits per heavy atom. The SMILES string of the molecule is CC1C(NC(=O)c2nnc(Sc3ccc(Cl)cc3)s2)C2CCN1CC2. The number of carbonyl (C=O) groups is 1. The first-order valence-corrected chi connectivity index (χ1v) is 10.4. The summed E-state index contributed by atoms with van der Waals surface area (Å²) in [5.74, 6) is 0.478. The standard InChI is InChI=1S/C17H19ClN4OS2/c1-10-14(11-6-8-22(10)9-7-11)19-15(23)16-20-21-17(25-16)24-13-4-2-12(18)3-5-13/h2-5,10-11,14H,6-9H2,1H3,(H,19,23). The molecule has 4 heterocycles. The molecule has 0 aliphatic carbocycles. The summed E-state index contributed by atoms with van der Waals surface area (Å²) in [5.41, 5.74) is 0. The Morgan fingerprint density at radius 2 is 2.00 bits per heavy atom. The maximum absolute atomic E-state index is 12.6. The highest BCUT2D eigenvalue weighted by molar-refractivity contribution is 8.01. The van der Waals surface area contributed by atoms with Gasteiger partial charge in [0.25, 0.3) is 5.91 Å². The van der Waals surface area contributed by atoms with E-state index in [0.29, 0.717) is 22.0 Å². The monoisotopic (exact) mass is 394 g/mol. The molecule has 3 saturated heterocycles. The van der Waals surface area contributed by atoms with Crippen molar-refractivity contribution in [2.75, 3.05) is 13.1 Å². The van der Waals surface area contributed by atoms with Crippen molar-refractivity contribution in [3.05, 3.63) is 34.3 Å². The van der Waals surface area contributed by atoms with Crippen molar-refractivity contribution in [1.82, 2.24) is 20.4 Å². The second kappa shape index (κ2) is 7.23. The number of nitrogens with zero attached hydrogens (tertiary/aromatic N) is 3. The summed E-state index contributed by atoms with van der Waals surface area (Å²) in [5, 5.41) is 12.6. The Kier molecular flexibility index (Phi) is 4.99. The van der Waals surface area contributed by atoms with Gasteiger partial charge in [-0.25, -0.2) is 0 Å². The molecular weight excluding hydrogens is 376 g/mol. The zero-order valence-corrected chi connectivity index (χ0v) is 16.2. The number of carbonyl (C=O) groups excluding carboxylic acids is 1. The van der Waals surface area contributed by atoms with Gasteiger partial charge in [-0.2, -0.15) is 0 Å². The van der Waals surface area contributed by atoms with Crippen LogP contribution in [-0.4, -0.2) is 46.2 Å². The molecule has 25 heavy (non-hydrogen) atoms. The fraction of sp³-hybridized carbons (Fsp3) is 0.471. The van der Waals surface area contributed by atoms with E-state index in [1.165, 1.54) is 35.9 Å². The molecule has 3 aliphatic rings. The molecule has 0 radical (unpaired) electrons. The van der Waals surface area contributed by atoms with Crippen LogP contribution in [0.1, 0.15) is 29.6 Å². The Morgan fingerprint density at radius 1 is 1.28 bits per heavy atom. The highest BCUT2D eigenvalue weighted by Crippen LogP contribution is 2.33. The zero-order chi connectivity index (χ0) is 17.4. The number of fused-ring (bicyclic) bond motifs is 3. The minimum atomic E-state index is -0.106. The van der Waals surface area contributed by atoms with E-state index >= 15 is 0 Å². The summed E-state index contributed by atoms with van der Waals surface area (Å²) in [4.78, 5) is 16.1. The van der Waals surface area contributed by atoms with E-state index in [-0.39, 0.29) is 11.9 Å². The molecule has 1 aromatic heterocycles. The summed E-state index contributed by atoms with van der Waals surface area (Å²) in [6.07, 6.45) is 2.34. The number of hydrogen-bond donors (Lipinski definition) is 1. The van der Waals surface area contributed by atoms with Gasteiger partial charge in [-0.15, -0.1) is 10.2 Å². The fourth-order valence-electron chi connectivity index (χ4n) is 3.70. The fourth-order valence-corrected chi connectivity index (χ4v) is 5.56.